The predicted octanol–water partition coefficient (Wildman–Crippen LogP) is 2.16. The first-order valence-electron chi connectivity index (χ1n) is 5.34. The number of thioether (sulfide) groups is 1. The zero-order chi connectivity index (χ0) is 11.8. The molecule has 0 bridgehead atoms. The second-order valence-electron chi connectivity index (χ2n) is 3.33. The van der Waals surface area contributed by atoms with Crippen molar-refractivity contribution in [3.8, 4) is 0 Å². The van der Waals surface area contributed by atoms with E-state index in [9.17, 15) is 4.79 Å². The fourth-order valence-electron chi connectivity index (χ4n) is 1.41. The zero-order valence-corrected chi connectivity index (χ0v) is 10.2. The summed E-state index contributed by atoms with van der Waals surface area (Å²) in [7, 11) is 0. The lowest BCUT2D eigenvalue weighted by Gasteiger charge is -2.14. The van der Waals surface area contributed by atoms with Crippen LogP contribution in [0.5, 0.6) is 0 Å². The van der Waals surface area contributed by atoms with Gasteiger partial charge in [0.05, 0.1) is 0 Å². The molecule has 0 aliphatic heterocycles. The van der Waals surface area contributed by atoms with Gasteiger partial charge in [-0.15, -0.1) is 0 Å². The molecule has 0 radical (unpaired) electrons. The molecular formula is C12H17NO2S. The molecule has 0 saturated carbocycles. The van der Waals surface area contributed by atoms with Crippen molar-refractivity contribution in [2.45, 2.75) is 13.0 Å². The lowest BCUT2D eigenvalue weighted by molar-refractivity contribution is -0.139. The van der Waals surface area contributed by atoms with E-state index in [1.807, 2.05) is 30.3 Å². The van der Waals surface area contributed by atoms with Crippen LogP contribution in [-0.4, -0.2) is 29.1 Å². The average Bonchev–Trinajstić information content (AvgIpc) is 2.30. The zero-order valence-electron chi connectivity index (χ0n) is 9.35. The summed E-state index contributed by atoms with van der Waals surface area (Å²) in [5.41, 5.74) is 0.802. The number of carboxylic acid groups (broad SMARTS) is 1. The first-order valence-corrected chi connectivity index (χ1v) is 6.50. The van der Waals surface area contributed by atoms with Gasteiger partial charge >= 0.3 is 5.97 Å². The molecule has 0 aliphatic rings. The molecule has 0 saturated heterocycles. The van der Waals surface area contributed by atoms with Crippen molar-refractivity contribution in [2.75, 3.05) is 18.1 Å². The Kier molecular flexibility index (Phi) is 5.96. The van der Waals surface area contributed by atoms with E-state index in [4.69, 9.17) is 5.11 Å². The van der Waals surface area contributed by atoms with Gasteiger partial charge in [-0.3, -0.25) is 10.1 Å². The van der Waals surface area contributed by atoms with Crippen LogP contribution in [0.25, 0.3) is 0 Å². The van der Waals surface area contributed by atoms with Crippen molar-refractivity contribution in [3.05, 3.63) is 35.9 Å². The van der Waals surface area contributed by atoms with Crippen LogP contribution < -0.4 is 5.32 Å². The van der Waals surface area contributed by atoms with Crippen LogP contribution in [0.3, 0.4) is 0 Å². The average molecular weight is 239 g/mol. The number of hydrogen-bond donors (Lipinski definition) is 2. The lowest BCUT2D eigenvalue weighted by atomic mass is 10.1. The molecule has 1 atom stereocenters. The minimum absolute atomic E-state index is 0.598. The first-order chi connectivity index (χ1) is 7.75. The lowest BCUT2D eigenvalue weighted by Crippen LogP contribution is -2.30. The van der Waals surface area contributed by atoms with Gasteiger partial charge in [-0.05, 0) is 11.3 Å². The van der Waals surface area contributed by atoms with Gasteiger partial charge in [0.25, 0.3) is 0 Å². The summed E-state index contributed by atoms with van der Waals surface area (Å²) in [6.07, 6.45) is 0. The Balaban J connectivity index is 2.52. The topological polar surface area (TPSA) is 49.3 Å². The van der Waals surface area contributed by atoms with E-state index in [0.717, 1.165) is 17.1 Å². The van der Waals surface area contributed by atoms with E-state index in [0.29, 0.717) is 6.54 Å². The molecule has 1 aromatic rings. The highest BCUT2D eigenvalue weighted by atomic mass is 32.2. The minimum Gasteiger partial charge on any atom is -0.480 e. The Morgan fingerprint density at radius 3 is 2.69 bits per heavy atom. The maximum absolute atomic E-state index is 11.1. The number of rotatable bonds is 7. The van der Waals surface area contributed by atoms with E-state index in [1.165, 1.54) is 0 Å². The smallest absolute Gasteiger partial charge is 0.325 e. The van der Waals surface area contributed by atoms with Crippen molar-refractivity contribution >= 4 is 17.7 Å². The van der Waals surface area contributed by atoms with Gasteiger partial charge in [-0.1, -0.05) is 37.3 Å². The molecule has 4 heteroatoms. The summed E-state index contributed by atoms with van der Waals surface area (Å²) in [4.78, 5) is 11.1. The van der Waals surface area contributed by atoms with E-state index in [-0.39, 0.29) is 0 Å². The van der Waals surface area contributed by atoms with E-state index in [2.05, 4.69) is 12.2 Å². The quantitative estimate of drug-likeness (QED) is 0.716. The van der Waals surface area contributed by atoms with Crippen molar-refractivity contribution in [3.63, 3.8) is 0 Å². The Morgan fingerprint density at radius 2 is 2.12 bits per heavy atom. The summed E-state index contributed by atoms with van der Waals surface area (Å²) >= 11 is 1.80. The molecule has 3 nitrogen and oxygen atoms in total. The highest BCUT2D eigenvalue weighted by Crippen LogP contribution is 2.12. The second kappa shape index (κ2) is 7.30. The standard InChI is InChI=1S/C12H17NO2S/c1-2-16-9-8-13-11(12(14)15)10-6-4-3-5-7-10/h3-7,11,13H,2,8-9H2,1H3,(H,14,15). The molecule has 0 amide bonds. The van der Waals surface area contributed by atoms with Gasteiger partial charge in [0.15, 0.2) is 0 Å². The molecule has 1 unspecified atom stereocenters. The third-order valence-corrected chi connectivity index (χ3v) is 3.08. The third kappa shape index (κ3) is 4.24. The number of carboxylic acids is 1. The number of benzene rings is 1. The van der Waals surface area contributed by atoms with Gasteiger partial charge < -0.3 is 5.11 Å². The highest BCUT2D eigenvalue weighted by molar-refractivity contribution is 7.99. The van der Waals surface area contributed by atoms with Gasteiger partial charge in [0, 0.05) is 12.3 Å². The summed E-state index contributed by atoms with van der Waals surface area (Å²) in [6, 6.07) is 8.66. The van der Waals surface area contributed by atoms with E-state index >= 15 is 0 Å². The minimum atomic E-state index is -0.826. The van der Waals surface area contributed by atoms with Crippen LogP contribution in [0, 0.1) is 0 Å². The van der Waals surface area contributed by atoms with Gasteiger partial charge in [0.1, 0.15) is 6.04 Å². The molecule has 2 N–H and O–H groups in total. The van der Waals surface area contributed by atoms with Crippen LogP contribution in [0.2, 0.25) is 0 Å². The van der Waals surface area contributed by atoms with Gasteiger partial charge in [0.2, 0.25) is 0 Å². The monoisotopic (exact) mass is 239 g/mol. The first kappa shape index (κ1) is 13.1. The van der Waals surface area contributed by atoms with Gasteiger partial charge in [-0.25, -0.2) is 0 Å². The van der Waals surface area contributed by atoms with E-state index in [1.54, 1.807) is 11.8 Å². The van der Waals surface area contributed by atoms with Crippen molar-refractivity contribution in [1.29, 1.82) is 0 Å². The molecule has 1 aromatic carbocycles. The van der Waals surface area contributed by atoms with E-state index < -0.39 is 12.0 Å². The maximum atomic E-state index is 11.1. The molecule has 0 heterocycles. The Labute approximate surface area is 100 Å². The van der Waals surface area contributed by atoms with Crippen molar-refractivity contribution in [1.82, 2.24) is 5.32 Å². The van der Waals surface area contributed by atoms with Gasteiger partial charge in [-0.2, -0.15) is 11.8 Å². The summed E-state index contributed by atoms with van der Waals surface area (Å²) in [6.45, 7) is 2.81. The second-order valence-corrected chi connectivity index (χ2v) is 4.73. The number of nitrogens with one attached hydrogen (secondary N) is 1. The Morgan fingerprint density at radius 1 is 1.44 bits per heavy atom. The number of carbonyl (C=O) groups is 1. The molecule has 88 valence electrons. The summed E-state index contributed by atoms with van der Waals surface area (Å²) in [5.74, 6) is 1.17. The molecule has 0 fully saturated rings. The van der Waals surface area contributed by atoms with Crippen molar-refractivity contribution < 1.29 is 9.90 Å². The van der Waals surface area contributed by atoms with Crippen LogP contribution in [0.4, 0.5) is 0 Å². The highest BCUT2D eigenvalue weighted by Gasteiger charge is 2.17. The van der Waals surface area contributed by atoms with Crippen LogP contribution in [0.1, 0.15) is 18.5 Å². The number of aliphatic carboxylic acids is 1. The van der Waals surface area contributed by atoms with Crippen LogP contribution in [-0.2, 0) is 4.79 Å². The molecule has 0 aliphatic carbocycles. The maximum Gasteiger partial charge on any atom is 0.325 e. The fraction of sp³-hybridized carbons (Fsp3) is 0.417. The van der Waals surface area contributed by atoms with Crippen LogP contribution in [0.15, 0.2) is 30.3 Å². The SMILES string of the molecule is CCSCCNC(C(=O)O)c1ccccc1. The molecule has 0 spiro atoms. The predicted molar refractivity (Wildman–Crippen MR) is 67.8 cm³/mol. The number of hydrogen-bond acceptors (Lipinski definition) is 3. The Hall–Kier alpha value is -1.00. The summed E-state index contributed by atoms with van der Waals surface area (Å²) in [5, 5.41) is 12.2. The molecular weight excluding hydrogens is 222 g/mol. The molecule has 1 rings (SSSR count). The fourth-order valence-corrected chi connectivity index (χ4v) is 1.96. The molecule has 0 aromatic heterocycles. The largest absolute Gasteiger partial charge is 0.480 e. The Bertz CT molecular complexity index is 316. The summed E-state index contributed by atoms with van der Waals surface area (Å²) < 4.78 is 0. The van der Waals surface area contributed by atoms with Crippen molar-refractivity contribution in [2.24, 2.45) is 0 Å². The third-order valence-electron chi connectivity index (χ3n) is 2.18. The normalized spacial score (nSPS) is 12.3. The molecule has 16 heavy (non-hydrogen) atoms. The van der Waals surface area contributed by atoms with Crippen LogP contribution >= 0.6 is 11.8 Å².